The van der Waals surface area contributed by atoms with Crippen molar-refractivity contribution in [2.24, 2.45) is 5.73 Å². The number of amides is 2. The summed E-state index contributed by atoms with van der Waals surface area (Å²) in [5, 5.41) is 14.0. The van der Waals surface area contributed by atoms with Gasteiger partial charge < -0.3 is 21.7 Å². The summed E-state index contributed by atoms with van der Waals surface area (Å²) < 4.78 is 81.1. The fraction of sp³-hybridized carbons (Fsp3) is 0.364. The van der Waals surface area contributed by atoms with E-state index in [9.17, 15) is 31.1 Å². The largest absolute Gasteiger partial charge is 0.417 e. The van der Waals surface area contributed by atoms with Crippen molar-refractivity contribution in [2.75, 3.05) is 28.7 Å². The molecule has 0 radical (unpaired) electrons. The lowest BCUT2D eigenvalue weighted by Crippen LogP contribution is -2.31. The zero-order valence-corrected chi connectivity index (χ0v) is 20.7. The zero-order chi connectivity index (χ0) is 26.9. The van der Waals surface area contributed by atoms with Crippen molar-refractivity contribution in [1.29, 1.82) is 5.41 Å². The molecule has 0 aliphatic rings. The maximum atomic E-state index is 13.5. The van der Waals surface area contributed by atoms with Crippen LogP contribution in [0.4, 0.5) is 42.5 Å². The number of unbranched alkanes of at least 4 members (excludes halogenated alkanes) is 1. The fourth-order valence-corrected chi connectivity index (χ4v) is 4.94. The monoisotopic (exact) mass is 553 g/mol. The molecule has 6 N–H and O–H groups in total. The number of nitrogens with two attached hydrogens (primary N) is 1. The van der Waals surface area contributed by atoms with Crippen molar-refractivity contribution < 1.29 is 31.1 Å². The van der Waals surface area contributed by atoms with E-state index >= 15 is 0 Å². The molecule has 0 aliphatic heterocycles. The Morgan fingerprint density at radius 2 is 1.36 bits per heavy atom. The smallest absolute Gasteiger partial charge is 0.370 e. The molecule has 6 nitrogen and oxygen atoms in total. The first-order valence-corrected chi connectivity index (χ1v) is 12.6. The van der Waals surface area contributed by atoms with Gasteiger partial charge in [-0.25, -0.2) is 4.79 Å². The van der Waals surface area contributed by atoms with E-state index in [0.29, 0.717) is 5.75 Å². The highest BCUT2D eigenvalue weighted by Crippen LogP contribution is 2.39. The summed E-state index contributed by atoms with van der Waals surface area (Å²) >= 11 is 1.95. The summed E-state index contributed by atoms with van der Waals surface area (Å²) in [4.78, 5) is 12.3. The van der Waals surface area contributed by atoms with Gasteiger partial charge in [-0.3, -0.25) is 5.41 Å². The Morgan fingerprint density at radius 3 is 1.78 bits per heavy atom. The molecule has 0 bridgehead atoms. The summed E-state index contributed by atoms with van der Waals surface area (Å²) in [7, 11) is 0. The minimum absolute atomic E-state index is 0.0309. The average molecular weight is 554 g/mol. The Labute approximate surface area is 212 Å². The molecule has 0 atom stereocenters. The first-order chi connectivity index (χ1) is 16.8. The normalized spacial score (nSPS) is 11.8. The maximum absolute atomic E-state index is 13.5. The average Bonchev–Trinajstić information content (AvgIpc) is 2.77. The fourth-order valence-electron chi connectivity index (χ4n) is 2.88. The molecule has 198 valence electrons. The third-order valence-corrected chi connectivity index (χ3v) is 6.75. The summed E-state index contributed by atoms with van der Waals surface area (Å²) in [6, 6.07) is 5.55. The van der Waals surface area contributed by atoms with Gasteiger partial charge in [-0.15, -0.1) is 23.5 Å². The van der Waals surface area contributed by atoms with Crippen molar-refractivity contribution >= 4 is 46.9 Å². The van der Waals surface area contributed by atoms with Crippen LogP contribution in [0, 0.1) is 5.41 Å². The van der Waals surface area contributed by atoms with E-state index in [4.69, 9.17) is 11.1 Å². The van der Waals surface area contributed by atoms with Gasteiger partial charge in [-0.05, 0) is 48.6 Å². The number of thioether (sulfide) groups is 2. The zero-order valence-electron chi connectivity index (χ0n) is 19.1. The van der Waals surface area contributed by atoms with Crippen LogP contribution in [0.15, 0.2) is 46.2 Å². The van der Waals surface area contributed by atoms with Crippen LogP contribution in [0.1, 0.15) is 30.9 Å². The molecular weight excluding hydrogens is 528 g/mol. The van der Waals surface area contributed by atoms with Crippen LogP contribution in [0.3, 0.4) is 0 Å². The Kier molecular flexibility index (Phi) is 10.6. The van der Waals surface area contributed by atoms with Crippen LogP contribution in [0.25, 0.3) is 0 Å². The number of hydrogen-bond donors (Lipinski definition) is 5. The van der Waals surface area contributed by atoms with Gasteiger partial charge in [-0.1, -0.05) is 13.3 Å². The second-order valence-electron chi connectivity index (χ2n) is 7.39. The first kappa shape index (κ1) is 29.5. The highest BCUT2D eigenvalue weighted by molar-refractivity contribution is 7.99. The van der Waals surface area contributed by atoms with E-state index in [1.54, 1.807) is 0 Å². The third kappa shape index (κ3) is 9.37. The Bertz CT molecular complexity index is 1060. The van der Waals surface area contributed by atoms with E-state index in [-0.39, 0.29) is 39.4 Å². The quantitative estimate of drug-likeness (QED) is 0.0729. The topological polar surface area (TPSA) is 103 Å². The third-order valence-electron chi connectivity index (χ3n) is 4.52. The van der Waals surface area contributed by atoms with Gasteiger partial charge in [0.15, 0.2) is 5.96 Å². The molecule has 0 spiro atoms. The van der Waals surface area contributed by atoms with E-state index in [1.807, 2.05) is 6.92 Å². The number of carbonyl (C=O) groups is 1. The van der Waals surface area contributed by atoms with E-state index in [0.717, 1.165) is 48.5 Å². The van der Waals surface area contributed by atoms with Gasteiger partial charge in [0, 0.05) is 33.5 Å². The predicted molar refractivity (Wildman–Crippen MR) is 132 cm³/mol. The van der Waals surface area contributed by atoms with Crippen LogP contribution >= 0.6 is 23.5 Å². The molecule has 36 heavy (non-hydrogen) atoms. The molecule has 0 aromatic heterocycles. The highest BCUT2D eigenvalue weighted by atomic mass is 32.2. The second kappa shape index (κ2) is 13.0. The number of nitrogens with one attached hydrogen (secondary N) is 4. The van der Waals surface area contributed by atoms with Crippen LogP contribution in [0.2, 0.25) is 0 Å². The number of rotatable bonds is 10. The van der Waals surface area contributed by atoms with Crippen molar-refractivity contribution in [3.8, 4) is 0 Å². The lowest BCUT2D eigenvalue weighted by molar-refractivity contribution is -0.140. The molecule has 2 rings (SSSR count). The van der Waals surface area contributed by atoms with E-state index in [1.165, 1.54) is 24.3 Å². The lowest BCUT2D eigenvalue weighted by atomic mass is 10.2. The minimum atomic E-state index is -4.71. The molecule has 0 unspecified atom stereocenters. The molecular formula is C22H25F6N5OS2. The maximum Gasteiger partial charge on any atom is 0.417 e. The number of carbonyl (C=O) groups excluding carboxylic acids is 1. The summed E-state index contributed by atoms with van der Waals surface area (Å²) in [6.45, 7) is 2.10. The van der Waals surface area contributed by atoms with E-state index < -0.39 is 29.5 Å². The summed E-state index contributed by atoms with van der Waals surface area (Å²) in [5.41, 5.74) is 2.91. The van der Waals surface area contributed by atoms with Gasteiger partial charge in [0.1, 0.15) is 0 Å². The molecule has 0 fully saturated rings. The van der Waals surface area contributed by atoms with Crippen molar-refractivity contribution in [2.45, 2.75) is 41.9 Å². The van der Waals surface area contributed by atoms with Gasteiger partial charge in [0.05, 0.1) is 11.1 Å². The number of hydrogen-bond acceptors (Lipinski definition) is 4. The van der Waals surface area contributed by atoms with E-state index in [2.05, 4.69) is 16.0 Å². The minimum Gasteiger partial charge on any atom is -0.370 e. The molecule has 0 saturated carbocycles. The number of benzene rings is 2. The van der Waals surface area contributed by atoms with Crippen LogP contribution in [0.5, 0.6) is 0 Å². The predicted octanol–water partition coefficient (Wildman–Crippen LogP) is 6.84. The van der Waals surface area contributed by atoms with Crippen molar-refractivity contribution in [1.82, 2.24) is 5.32 Å². The van der Waals surface area contributed by atoms with Crippen LogP contribution in [-0.4, -0.2) is 30.0 Å². The van der Waals surface area contributed by atoms with Gasteiger partial charge >= 0.3 is 18.4 Å². The second-order valence-corrected chi connectivity index (χ2v) is 9.66. The van der Waals surface area contributed by atoms with Crippen LogP contribution < -0.4 is 21.7 Å². The van der Waals surface area contributed by atoms with Gasteiger partial charge in [-0.2, -0.15) is 26.3 Å². The van der Waals surface area contributed by atoms with Crippen molar-refractivity contribution in [3.63, 3.8) is 0 Å². The molecule has 0 aliphatic carbocycles. The SMILES string of the molecule is CCCCSc1ccc(NC(=O)Nc2ccc(SCCNC(=N)N)c(C(F)(F)F)c2)cc1C(F)(F)F. The summed E-state index contributed by atoms with van der Waals surface area (Å²) in [6.07, 6.45) is -7.77. The molecule has 2 aromatic rings. The summed E-state index contributed by atoms with van der Waals surface area (Å²) in [5.74, 6) is 0.407. The Morgan fingerprint density at radius 1 is 0.889 bits per heavy atom. The molecule has 0 saturated heterocycles. The molecule has 14 heteroatoms. The number of urea groups is 1. The van der Waals surface area contributed by atoms with Gasteiger partial charge in [0.25, 0.3) is 0 Å². The molecule has 0 heterocycles. The van der Waals surface area contributed by atoms with Gasteiger partial charge in [0.2, 0.25) is 0 Å². The lowest BCUT2D eigenvalue weighted by Gasteiger charge is -2.16. The highest BCUT2D eigenvalue weighted by Gasteiger charge is 2.35. The number of anilines is 2. The Hall–Kier alpha value is -2.74. The Balaban J connectivity index is 2.14. The number of alkyl halides is 6. The molecule has 2 aromatic carbocycles. The first-order valence-electron chi connectivity index (χ1n) is 10.6. The molecule has 2 amide bonds. The number of halogens is 6. The van der Waals surface area contributed by atoms with Crippen LogP contribution in [-0.2, 0) is 12.4 Å². The van der Waals surface area contributed by atoms with Crippen molar-refractivity contribution in [3.05, 3.63) is 47.5 Å². The standard InChI is InChI=1S/C22H25F6N5OS2/c1-2-3-9-35-17-6-4-13(11-15(17)21(23,24)25)32-20(34)33-14-5-7-18(16(12-14)22(26,27)28)36-10-8-31-19(29)30/h4-7,11-12H,2-3,8-10H2,1H3,(H4,29,30,31)(H2,32,33,34). The number of guanidine groups is 1.